The van der Waals surface area contributed by atoms with Gasteiger partial charge in [-0.3, -0.25) is 14.3 Å². The van der Waals surface area contributed by atoms with E-state index < -0.39 is 0 Å². The van der Waals surface area contributed by atoms with Crippen LogP contribution in [0.5, 0.6) is 0 Å². The molecule has 1 aromatic carbocycles. The van der Waals surface area contributed by atoms with Crippen LogP contribution in [0.2, 0.25) is 0 Å². The van der Waals surface area contributed by atoms with Crippen molar-refractivity contribution in [1.29, 1.82) is 0 Å². The molecule has 1 aliphatic heterocycles. The van der Waals surface area contributed by atoms with Crippen LogP contribution in [0.1, 0.15) is 24.2 Å². The summed E-state index contributed by atoms with van der Waals surface area (Å²) in [7, 11) is 0. The Morgan fingerprint density at radius 3 is 3.09 bits per heavy atom. The minimum atomic E-state index is -0.385. The van der Waals surface area contributed by atoms with E-state index >= 15 is 0 Å². The Hall–Kier alpha value is -2.69. The van der Waals surface area contributed by atoms with Gasteiger partial charge in [0.15, 0.2) is 0 Å². The first-order valence-electron chi connectivity index (χ1n) is 7.37. The average molecular weight is 293 g/mol. The predicted octanol–water partition coefficient (Wildman–Crippen LogP) is 2.62. The third-order valence-corrected chi connectivity index (χ3v) is 4.01. The molecule has 1 atom stereocenters. The number of nitrogens with zero attached hydrogens (tertiary/aromatic N) is 3. The number of imidazole rings is 1. The topological polar surface area (TPSA) is 57.0 Å². The van der Waals surface area contributed by atoms with Gasteiger partial charge in [0.05, 0.1) is 23.3 Å². The molecule has 0 fully saturated rings. The summed E-state index contributed by atoms with van der Waals surface area (Å²) < 4.78 is 7.29. The first-order valence-corrected chi connectivity index (χ1v) is 7.37. The van der Waals surface area contributed by atoms with Crippen LogP contribution in [-0.2, 0) is 16.0 Å². The number of hydrogen-bond donors (Lipinski definition) is 0. The van der Waals surface area contributed by atoms with Crippen LogP contribution in [0.25, 0.3) is 16.7 Å². The van der Waals surface area contributed by atoms with E-state index in [4.69, 9.17) is 4.74 Å². The maximum absolute atomic E-state index is 12.4. The molecule has 3 aromatic rings. The van der Waals surface area contributed by atoms with E-state index in [0.717, 1.165) is 28.1 Å². The van der Waals surface area contributed by atoms with E-state index in [1.54, 1.807) is 6.20 Å². The van der Waals surface area contributed by atoms with Crippen LogP contribution in [0.4, 0.5) is 0 Å². The molecule has 0 amide bonds. The fraction of sp³-hybridized carbons (Fsp3) is 0.235. The van der Waals surface area contributed by atoms with Crippen LogP contribution in [0.15, 0.2) is 42.7 Å². The Balaban J connectivity index is 1.99. The second-order valence-corrected chi connectivity index (χ2v) is 5.31. The number of ether oxygens (including phenoxy) is 1. The van der Waals surface area contributed by atoms with Crippen LogP contribution in [0, 0.1) is 0 Å². The van der Waals surface area contributed by atoms with Crippen molar-refractivity contribution in [2.75, 3.05) is 6.61 Å². The number of pyridine rings is 1. The molecule has 0 aliphatic carbocycles. The lowest BCUT2D eigenvalue weighted by atomic mass is 9.95. The molecule has 3 heterocycles. The Kier molecular flexibility index (Phi) is 2.92. The second-order valence-electron chi connectivity index (χ2n) is 5.31. The van der Waals surface area contributed by atoms with Gasteiger partial charge in [0.25, 0.3) is 0 Å². The number of carbonyl (C=O) groups is 1. The monoisotopic (exact) mass is 293 g/mol. The maximum Gasteiger partial charge on any atom is 0.316 e. The van der Waals surface area contributed by atoms with Crippen molar-refractivity contribution >= 4 is 17.0 Å². The van der Waals surface area contributed by atoms with E-state index in [0.29, 0.717) is 13.0 Å². The molecule has 0 spiro atoms. The first-order chi connectivity index (χ1) is 10.8. The lowest BCUT2D eigenvalue weighted by Gasteiger charge is -2.24. The largest absolute Gasteiger partial charge is 0.465 e. The number of para-hydroxylation sites is 2. The first kappa shape index (κ1) is 13.0. The Labute approximate surface area is 127 Å². The van der Waals surface area contributed by atoms with Crippen molar-refractivity contribution < 1.29 is 9.53 Å². The lowest BCUT2D eigenvalue weighted by molar-refractivity contribution is -0.145. The van der Waals surface area contributed by atoms with Gasteiger partial charge in [-0.2, -0.15) is 0 Å². The number of esters is 1. The van der Waals surface area contributed by atoms with Gasteiger partial charge in [-0.15, -0.1) is 0 Å². The molecule has 0 saturated heterocycles. The number of hydrogen-bond acceptors (Lipinski definition) is 4. The quantitative estimate of drug-likeness (QED) is 0.682. The predicted molar refractivity (Wildman–Crippen MR) is 81.9 cm³/mol. The molecule has 4 rings (SSSR count). The third-order valence-electron chi connectivity index (χ3n) is 4.01. The van der Waals surface area contributed by atoms with Crippen LogP contribution < -0.4 is 0 Å². The molecule has 1 aliphatic rings. The molecule has 0 radical (unpaired) electrons. The van der Waals surface area contributed by atoms with Crippen molar-refractivity contribution in [3.63, 3.8) is 0 Å². The highest BCUT2D eigenvalue weighted by atomic mass is 16.5. The maximum atomic E-state index is 12.4. The van der Waals surface area contributed by atoms with Gasteiger partial charge in [0, 0.05) is 12.4 Å². The van der Waals surface area contributed by atoms with Crippen molar-refractivity contribution in [2.45, 2.75) is 19.3 Å². The highest BCUT2D eigenvalue weighted by Gasteiger charge is 2.34. The summed E-state index contributed by atoms with van der Waals surface area (Å²) in [5.41, 5.74) is 3.96. The fourth-order valence-electron chi connectivity index (χ4n) is 3.07. The lowest BCUT2D eigenvalue weighted by Crippen LogP contribution is -2.26. The van der Waals surface area contributed by atoms with Crippen molar-refractivity contribution in [3.8, 4) is 5.69 Å². The number of benzene rings is 1. The van der Waals surface area contributed by atoms with Gasteiger partial charge in [-0.05, 0) is 37.1 Å². The summed E-state index contributed by atoms with van der Waals surface area (Å²) >= 11 is 0. The highest BCUT2D eigenvalue weighted by Crippen LogP contribution is 2.35. The van der Waals surface area contributed by atoms with Crippen molar-refractivity contribution in [3.05, 3.63) is 54.1 Å². The normalized spacial score (nSPS) is 16.1. The number of aromatic nitrogens is 3. The highest BCUT2D eigenvalue weighted by molar-refractivity contribution is 5.84. The summed E-state index contributed by atoms with van der Waals surface area (Å²) in [5.74, 6) is 0.135. The summed E-state index contributed by atoms with van der Waals surface area (Å²) in [6.45, 7) is 2.19. The van der Waals surface area contributed by atoms with Gasteiger partial charge in [0.1, 0.15) is 11.7 Å². The van der Waals surface area contributed by atoms with Crippen molar-refractivity contribution in [2.24, 2.45) is 0 Å². The zero-order valence-electron chi connectivity index (χ0n) is 12.2. The fourth-order valence-corrected chi connectivity index (χ4v) is 3.07. The van der Waals surface area contributed by atoms with E-state index in [1.165, 1.54) is 0 Å². The van der Waals surface area contributed by atoms with Gasteiger partial charge in [0.2, 0.25) is 0 Å². The van der Waals surface area contributed by atoms with Crippen molar-refractivity contribution in [1.82, 2.24) is 14.5 Å². The molecular weight excluding hydrogens is 278 g/mol. The molecule has 2 aromatic heterocycles. The minimum Gasteiger partial charge on any atom is -0.465 e. The summed E-state index contributed by atoms with van der Waals surface area (Å²) in [6, 6.07) is 9.88. The molecule has 0 bridgehead atoms. The zero-order valence-corrected chi connectivity index (χ0v) is 12.2. The Morgan fingerprint density at radius 2 is 2.23 bits per heavy atom. The van der Waals surface area contributed by atoms with Gasteiger partial charge >= 0.3 is 5.97 Å². The number of carbonyl (C=O) groups excluding carboxylic acids is 1. The Morgan fingerprint density at radius 1 is 1.36 bits per heavy atom. The Bertz CT molecular complexity index is 869. The zero-order chi connectivity index (χ0) is 15.1. The standard InChI is InChI=1S/C17H15N3O2/c1-2-22-17(21)12-9-11-10-18-8-7-14(11)20-15-6-4-3-5-13(15)19-16(12)20/h3-8,10,12H,2,9H2,1H3. The summed E-state index contributed by atoms with van der Waals surface area (Å²) in [5, 5.41) is 0. The molecule has 0 saturated carbocycles. The van der Waals surface area contributed by atoms with Crippen LogP contribution >= 0.6 is 0 Å². The third kappa shape index (κ3) is 1.82. The molecule has 5 nitrogen and oxygen atoms in total. The molecule has 1 unspecified atom stereocenters. The second kappa shape index (κ2) is 4.94. The molecule has 110 valence electrons. The molecule has 5 heteroatoms. The van der Waals surface area contributed by atoms with E-state index in [-0.39, 0.29) is 11.9 Å². The summed E-state index contributed by atoms with van der Waals surface area (Å²) in [6.07, 6.45) is 4.16. The van der Waals surface area contributed by atoms with E-state index in [9.17, 15) is 4.79 Å². The molecule has 22 heavy (non-hydrogen) atoms. The molecule has 0 N–H and O–H groups in total. The van der Waals surface area contributed by atoms with Gasteiger partial charge in [-0.1, -0.05) is 12.1 Å². The number of rotatable bonds is 2. The van der Waals surface area contributed by atoms with E-state index in [1.807, 2.05) is 43.5 Å². The minimum absolute atomic E-state index is 0.228. The summed E-state index contributed by atoms with van der Waals surface area (Å²) in [4.78, 5) is 21.2. The van der Waals surface area contributed by atoms with Crippen LogP contribution in [-0.4, -0.2) is 27.1 Å². The van der Waals surface area contributed by atoms with E-state index in [2.05, 4.69) is 14.5 Å². The van der Waals surface area contributed by atoms with Gasteiger partial charge in [-0.25, -0.2) is 4.98 Å². The van der Waals surface area contributed by atoms with Gasteiger partial charge < -0.3 is 4.74 Å². The molecular formula is C17H15N3O2. The average Bonchev–Trinajstić information content (AvgIpc) is 2.94. The van der Waals surface area contributed by atoms with Crippen LogP contribution in [0.3, 0.4) is 0 Å². The smallest absolute Gasteiger partial charge is 0.316 e. The SMILES string of the molecule is CCOC(=O)C1Cc2cnccc2-n2c1nc1ccccc12. The number of fused-ring (bicyclic) bond motifs is 5.